The van der Waals surface area contributed by atoms with Crippen LogP contribution in [0.1, 0.15) is 37.6 Å². The summed E-state index contributed by atoms with van der Waals surface area (Å²) in [6, 6.07) is 16.6. The summed E-state index contributed by atoms with van der Waals surface area (Å²) in [7, 11) is 0. The Hall–Kier alpha value is -4.57. The molecule has 11 heteroatoms. The second-order valence-corrected chi connectivity index (χ2v) is 10.5. The highest BCUT2D eigenvalue weighted by molar-refractivity contribution is 6.32. The van der Waals surface area contributed by atoms with E-state index in [4.69, 9.17) is 16.0 Å². The summed E-state index contributed by atoms with van der Waals surface area (Å²) in [6.45, 7) is 5.18. The Balaban J connectivity index is 1.44. The molecule has 1 atom stereocenters. The maximum atomic E-state index is 13.6. The predicted octanol–water partition coefficient (Wildman–Crippen LogP) is 5.63. The minimum atomic E-state index is -1.10. The number of imide groups is 1. The molecule has 198 valence electrons. The first kappa shape index (κ1) is 26.1. The summed E-state index contributed by atoms with van der Waals surface area (Å²) in [6.07, 6.45) is -0.232. The third-order valence-electron chi connectivity index (χ3n) is 6.43. The van der Waals surface area contributed by atoms with Crippen molar-refractivity contribution in [2.24, 2.45) is 0 Å². The Labute approximate surface area is 227 Å². The van der Waals surface area contributed by atoms with Gasteiger partial charge in [0.25, 0.3) is 17.5 Å². The lowest BCUT2D eigenvalue weighted by Gasteiger charge is -2.39. The van der Waals surface area contributed by atoms with Crippen molar-refractivity contribution in [3.05, 3.63) is 87.4 Å². The van der Waals surface area contributed by atoms with Gasteiger partial charge in [-0.15, -0.1) is 0 Å². The molecule has 1 aliphatic heterocycles. The SMILES string of the molecule is CC(C)(C)N(C(=O)c1ccc(Cl)c([N+](=O)[O-])c1)C1CC(=O)N(c2ccc(-c3nc4ccccc4o3)cc2)C1=O. The van der Waals surface area contributed by atoms with Crippen LogP contribution in [0, 0.1) is 10.1 Å². The van der Waals surface area contributed by atoms with Gasteiger partial charge in [0, 0.05) is 22.7 Å². The maximum Gasteiger partial charge on any atom is 0.288 e. The van der Waals surface area contributed by atoms with Crippen molar-refractivity contribution < 1.29 is 23.7 Å². The Morgan fingerprint density at radius 3 is 2.44 bits per heavy atom. The Kier molecular flexibility index (Phi) is 6.43. The molecular formula is C28H23ClN4O6. The molecule has 4 aromatic rings. The minimum absolute atomic E-state index is 0.0117. The number of benzene rings is 3. The number of oxazole rings is 1. The van der Waals surface area contributed by atoms with Crippen LogP contribution in [0.25, 0.3) is 22.6 Å². The number of para-hydroxylation sites is 2. The average molecular weight is 547 g/mol. The number of nitro groups is 1. The molecule has 1 unspecified atom stereocenters. The summed E-state index contributed by atoms with van der Waals surface area (Å²) in [5.74, 6) is -1.26. The van der Waals surface area contributed by atoms with Gasteiger partial charge in [-0.1, -0.05) is 23.7 Å². The topological polar surface area (TPSA) is 127 Å². The zero-order valence-electron chi connectivity index (χ0n) is 21.3. The number of nitro benzene ring substituents is 1. The van der Waals surface area contributed by atoms with Gasteiger partial charge in [0.05, 0.1) is 17.0 Å². The van der Waals surface area contributed by atoms with Crippen molar-refractivity contribution in [1.29, 1.82) is 0 Å². The van der Waals surface area contributed by atoms with E-state index in [1.54, 1.807) is 45.0 Å². The number of hydrogen-bond acceptors (Lipinski definition) is 7. The van der Waals surface area contributed by atoms with Crippen molar-refractivity contribution >= 4 is 51.8 Å². The zero-order chi connectivity index (χ0) is 28.1. The van der Waals surface area contributed by atoms with E-state index in [-0.39, 0.29) is 17.0 Å². The highest BCUT2D eigenvalue weighted by Crippen LogP contribution is 2.34. The highest BCUT2D eigenvalue weighted by Gasteiger charge is 2.48. The molecule has 1 aliphatic rings. The van der Waals surface area contributed by atoms with E-state index >= 15 is 0 Å². The Bertz CT molecular complexity index is 1610. The van der Waals surface area contributed by atoms with Gasteiger partial charge >= 0.3 is 0 Å². The summed E-state index contributed by atoms with van der Waals surface area (Å²) in [5.41, 5.74) is 1.04. The van der Waals surface area contributed by atoms with E-state index in [0.717, 1.165) is 11.0 Å². The number of carbonyl (C=O) groups excluding carboxylic acids is 3. The normalized spacial score (nSPS) is 15.7. The summed E-state index contributed by atoms with van der Waals surface area (Å²) in [5, 5.41) is 11.2. The van der Waals surface area contributed by atoms with Crippen LogP contribution < -0.4 is 4.90 Å². The second kappa shape index (κ2) is 9.63. The smallest absolute Gasteiger partial charge is 0.288 e. The number of halogens is 1. The largest absolute Gasteiger partial charge is 0.436 e. The lowest BCUT2D eigenvalue weighted by atomic mass is 9.99. The fraction of sp³-hybridized carbons (Fsp3) is 0.214. The van der Waals surface area contributed by atoms with Gasteiger partial charge in [0.15, 0.2) is 5.58 Å². The quantitative estimate of drug-likeness (QED) is 0.180. The average Bonchev–Trinajstić information content (AvgIpc) is 3.44. The molecule has 0 saturated carbocycles. The van der Waals surface area contributed by atoms with Gasteiger partial charge in [-0.2, -0.15) is 0 Å². The van der Waals surface area contributed by atoms with Crippen LogP contribution in [0.15, 0.2) is 71.1 Å². The Morgan fingerprint density at radius 2 is 1.79 bits per heavy atom. The van der Waals surface area contributed by atoms with E-state index < -0.39 is 39.9 Å². The molecule has 1 saturated heterocycles. The van der Waals surface area contributed by atoms with E-state index in [1.807, 2.05) is 24.3 Å². The number of amides is 3. The molecule has 0 spiro atoms. The van der Waals surface area contributed by atoms with Gasteiger partial charge < -0.3 is 9.32 Å². The molecule has 3 amide bonds. The molecular weight excluding hydrogens is 524 g/mol. The molecule has 10 nitrogen and oxygen atoms in total. The molecule has 2 heterocycles. The monoisotopic (exact) mass is 546 g/mol. The van der Waals surface area contributed by atoms with E-state index in [1.165, 1.54) is 17.0 Å². The summed E-state index contributed by atoms with van der Waals surface area (Å²) < 4.78 is 5.79. The molecule has 3 aromatic carbocycles. The van der Waals surface area contributed by atoms with Gasteiger partial charge in [-0.25, -0.2) is 9.88 Å². The Morgan fingerprint density at radius 1 is 1.10 bits per heavy atom. The fourth-order valence-corrected chi connectivity index (χ4v) is 4.86. The second-order valence-electron chi connectivity index (χ2n) is 10.1. The number of hydrogen-bond donors (Lipinski definition) is 0. The summed E-state index contributed by atoms with van der Waals surface area (Å²) >= 11 is 5.91. The molecule has 39 heavy (non-hydrogen) atoms. The number of aromatic nitrogens is 1. The fourth-order valence-electron chi connectivity index (χ4n) is 4.68. The predicted molar refractivity (Wildman–Crippen MR) is 144 cm³/mol. The van der Waals surface area contributed by atoms with Crippen molar-refractivity contribution in [2.45, 2.75) is 38.8 Å². The van der Waals surface area contributed by atoms with Gasteiger partial charge in [0.1, 0.15) is 16.6 Å². The van der Waals surface area contributed by atoms with E-state index in [2.05, 4.69) is 4.98 Å². The number of fused-ring (bicyclic) bond motifs is 1. The molecule has 0 bridgehead atoms. The van der Waals surface area contributed by atoms with Crippen molar-refractivity contribution in [3.8, 4) is 11.5 Å². The van der Waals surface area contributed by atoms with Crippen molar-refractivity contribution in [1.82, 2.24) is 9.88 Å². The lowest BCUT2D eigenvalue weighted by Crippen LogP contribution is -2.54. The van der Waals surface area contributed by atoms with Crippen LogP contribution in [0.5, 0.6) is 0 Å². The molecule has 5 rings (SSSR count). The zero-order valence-corrected chi connectivity index (χ0v) is 22.0. The van der Waals surface area contributed by atoms with Crippen LogP contribution in [0.4, 0.5) is 11.4 Å². The number of anilines is 1. The highest BCUT2D eigenvalue weighted by atomic mass is 35.5. The van der Waals surface area contributed by atoms with Crippen LogP contribution >= 0.6 is 11.6 Å². The van der Waals surface area contributed by atoms with Crippen molar-refractivity contribution in [3.63, 3.8) is 0 Å². The number of rotatable bonds is 5. The molecule has 0 aliphatic carbocycles. The van der Waals surface area contributed by atoms with Crippen LogP contribution in [-0.4, -0.2) is 44.1 Å². The van der Waals surface area contributed by atoms with Gasteiger partial charge in [-0.3, -0.25) is 24.5 Å². The van der Waals surface area contributed by atoms with E-state index in [9.17, 15) is 24.5 Å². The number of carbonyl (C=O) groups is 3. The standard InChI is InChI=1S/C28H23ClN4O6/c1-28(2,3)32(26(35)17-10-13-19(29)21(14-17)33(37)38)22-15-24(34)31(27(22)36)18-11-8-16(9-12-18)25-30-20-6-4-5-7-23(20)39-25/h4-14,22H,15H2,1-3H3. The van der Waals surface area contributed by atoms with E-state index in [0.29, 0.717) is 28.2 Å². The first-order valence-electron chi connectivity index (χ1n) is 12.1. The summed E-state index contributed by atoms with van der Waals surface area (Å²) in [4.78, 5) is 57.8. The lowest BCUT2D eigenvalue weighted by molar-refractivity contribution is -0.384. The third kappa shape index (κ3) is 4.74. The molecule has 1 aromatic heterocycles. The van der Waals surface area contributed by atoms with Crippen LogP contribution in [-0.2, 0) is 9.59 Å². The first-order chi connectivity index (χ1) is 18.5. The van der Waals surface area contributed by atoms with Crippen molar-refractivity contribution in [2.75, 3.05) is 4.90 Å². The van der Waals surface area contributed by atoms with Crippen LogP contribution in [0.3, 0.4) is 0 Å². The molecule has 1 fully saturated rings. The number of nitrogens with zero attached hydrogens (tertiary/aromatic N) is 4. The van der Waals surface area contributed by atoms with Gasteiger partial charge in [-0.05, 0) is 69.3 Å². The van der Waals surface area contributed by atoms with Gasteiger partial charge in [0.2, 0.25) is 11.8 Å². The first-order valence-corrected chi connectivity index (χ1v) is 12.4. The molecule has 0 radical (unpaired) electrons. The maximum absolute atomic E-state index is 13.6. The third-order valence-corrected chi connectivity index (χ3v) is 6.75. The minimum Gasteiger partial charge on any atom is -0.436 e. The van der Waals surface area contributed by atoms with Crippen LogP contribution in [0.2, 0.25) is 5.02 Å². The molecule has 0 N–H and O–H groups in total.